The van der Waals surface area contributed by atoms with Crippen LogP contribution in [0.5, 0.6) is 0 Å². The number of hydrogen-bond donors (Lipinski definition) is 1. The third-order valence-electron chi connectivity index (χ3n) is 4.20. The van der Waals surface area contributed by atoms with Gasteiger partial charge in [0.2, 0.25) is 0 Å². The molecule has 0 aromatic heterocycles. The van der Waals surface area contributed by atoms with Crippen LogP contribution in [0, 0.1) is 0 Å². The first-order valence-electron chi connectivity index (χ1n) is 9.23. The molecule has 0 heterocycles. The van der Waals surface area contributed by atoms with Crippen LogP contribution >= 0.6 is 0 Å². The van der Waals surface area contributed by atoms with Crippen molar-refractivity contribution < 1.29 is 14.3 Å². The Morgan fingerprint density at radius 2 is 1.77 bits per heavy atom. The van der Waals surface area contributed by atoms with Gasteiger partial charge in [0.15, 0.2) is 0 Å². The quantitative estimate of drug-likeness (QED) is 0.686. The first-order chi connectivity index (χ1) is 12.6. The standard InChI is InChI=1S/C22H29NO3/c1-4-21(26-22(24)23-14-18-9-6-5-7-10-18)16-25-15-19-11-8-12-20(13-19)17(2)3/h5-13,17,21H,4,14-16H2,1-3H3,(H,23,24). The van der Waals surface area contributed by atoms with Gasteiger partial charge in [-0.15, -0.1) is 0 Å². The molecule has 26 heavy (non-hydrogen) atoms. The van der Waals surface area contributed by atoms with E-state index in [2.05, 4.69) is 43.4 Å². The SMILES string of the molecule is CCC(COCc1cccc(C(C)C)c1)OC(=O)NCc1ccccc1. The molecule has 2 aromatic carbocycles. The molecule has 1 N–H and O–H groups in total. The summed E-state index contributed by atoms with van der Waals surface area (Å²) in [6.45, 7) is 7.70. The summed E-state index contributed by atoms with van der Waals surface area (Å²) in [6, 6.07) is 18.2. The first kappa shape index (κ1) is 20.0. The van der Waals surface area contributed by atoms with Crippen LogP contribution in [0.3, 0.4) is 0 Å². The summed E-state index contributed by atoms with van der Waals surface area (Å²) in [5.74, 6) is 0.495. The van der Waals surface area contributed by atoms with Crippen LogP contribution in [0.25, 0.3) is 0 Å². The summed E-state index contributed by atoms with van der Waals surface area (Å²) >= 11 is 0. The van der Waals surface area contributed by atoms with Crippen molar-refractivity contribution in [2.24, 2.45) is 0 Å². The summed E-state index contributed by atoms with van der Waals surface area (Å²) < 4.78 is 11.2. The van der Waals surface area contributed by atoms with Gasteiger partial charge in [-0.2, -0.15) is 0 Å². The van der Waals surface area contributed by atoms with Gasteiger partial charge in [-0.05, 0) is 29.0 Å². The summed E-state index contributed by atoms with van der Waals surface area (Å²) in [4.78, 5) is 11.9. The van der Waals surface area contributed by atoms with Gasteiger partial charge in [-0.25, -0.2) is 4.79 Å². The number of benzene rings is 2. The molecular formula is C22H29NO3. The molecule has 4 nitrogen and oxygen atoms in total. The van der Waals surface area contributed by atoms with Crippen LogP contribution in [0.1, 0.15) is 49.8 Å². The maximum atomic E-state index is 11.9. The second-order valence-electron chi connectivity index (χ2n) is 6.69. The third-order valence-corrected chi connectivity index (χ3v) is 4.20. The van der Waals surface area contributed by atoms with E-state index in [1.807, 2.05) is 37.3 Å². The van der Waals surface area contributed by atoms with Gasteiger partial charge in [-0.1, -0.05) is 75.4 Å². The van der Waals surface area contributed by atoms with E-state index in [0.29, 0.717) is 32.1 Å². The number of amides is 1. The number of carbonyl (C=O) groups is 1. The zero-order valence-corrected chi connectivity index (χ0v) is 15.9. The summed E-state index contributed by atoms with van der Waals surface area (Å²) in [5.41, 5.74) is 3.48. The maximum absolute atomic E-state index is 11.9. The molecule has 0 aliphatic heterocycles. The van der Waals surface area contributed by atoms with Crippen LogP contribution in [0.15, 0.2) is 54.6 Å². The van der Waals surface area contributed by atoms with Gasteiger partial charge in [-0.3, -0.25) is 0 Å². The minimum atomic E-state index is -0.411. The van der Waals surface area contributed by atoms with E-state index in [9.17, 15) is 4.79 Å². The molecule has 1 atom stereocenters. The monoisotopic (exact) mass is 355 g/mol. The lowest BCUT2D eigenvalue weighted by Gasteiger charge is -2.17. The molecule has 0 radical (unpaired) electrons. The highest BCUT2D eigenvalue weighted by atomic mass is 16.6. The molecule has 0 saturated carbocycles. The summed E-state index contributed by atoms with van der Waals surface area (Å²) in [7, 11) is 0. The van der Waals surface area contributed by atoms with Crippen molar-refractivity contribution in [1.29, 1.82) is 0 Å². The Morgan fingerprint density at radius 1 is 1.04 bits per heavy atom. The van der Waals surface area contributed by atoms with Crippen LogP contribution in [-0.2, 0) is 22.6 Å². The van der Waals surface area contributed by atoms with E-state index < -0.39 is 6.09 Å². The molecule has 0 aliphatic rings. The Balaban J connectivity index is 1.73. The number of alkyl carbamates (subject to hydrolysis) is 1. The minimum Gasteiger partial charge on any atom is -0.444 e. The highest BCUT2D eigenvalue weighted by molar-refractivity contribution is 5.67. The number of rotatable bonds is 9. The fourth-order valence-corrected chi connectivity index (χ4v) is 2.55. The molecule has 4 heteroatoms. The Morgan fingerprint density at radius 3 is 2.46 bits per heavy atom. The van der Waals surface area contributed by atoms with E-state index in [1.165, 1.54) is 5.56 Å². The van der Waals surface area contributed by atoms with Crippen LogP contribution in [-0.4, -0.2) is 18.8 Å². The lowest BCUT2D eigenvalue weighted by Crippen LogP contribution is -2.30. The maximum Gasteiger partial charge on any atom is 0.407 e. The molecule has 0 bridgehead atoms. The highest BCUT2D eigenvalue weighted by Gasteiger charge is 2.13. The molecule has 140 valence electrons. The van der Waals surface area contributed by atoms with Crippen molar-refractivity contribution in [1.82, 2.24) is 5.32 Å². The molecule has 1 unspecified atom stereocenters. The molecule has 0 aliphatic carbocycles. The van der Waals surface area contributed by atoms with Crippen molar-refractivity contribution in [2.45, 2.75) is 52.4 Å². The van der Waals surface area contributed by atoms with E-state index >= 15 is 0 Å². The Kier molecular flexibility index (Phi) is 8.16. The predicted molar refractivity (Wildman–Crippen MR) is 104 cm³/mol. The lowest BCUT2D eigenvalue weighted by atomic mass is 10.0. The minimum absolute atomic E-state index is 0.251. The molecule has 1 amide bonds. The fourth-order valence-electron chi connectivity index (χ4n) is 2.55. The summed E-state index contributed by atoms with van der Waals surface area (Å²) in [5, 5.41) is 2.78. The molecule has 2 rings (SSSR count). The van der Waals surface area contributed by atoms with E-state index in [-0.39, 0.29) is 6.10 Å². The third kappa shape index (κ3) is 6.89. The van der Waals surface area contributed by atoms with Crippen LogP contribution in [0.4, 0.5) is 4.79 Å². The predicted octanol–water partition coefficient (Wildman–Crippen LogP) is 5.03. The Bertz CT molecular complexity index is 670. The van der Waals surface area contributed by atoms with Crippen LogP contribution in [0.2, 0.25) is 0 Å². The highest BCUT2D eigenvalue weighted by Crippen LogP contribution is 2.16. The fraction of sp³-hybridized carbons (Fsp3) is 0.409. The van der Waals surface area contributed by atoms with Crippen molar-refractivity contribution in [3.05, 3.63) is 71.3 Å². The largest absolute Gasteiger partial charge is 0.444 e. The van der Waals surface area contributed by atoms with Crippen molar-refractivity contribution in [3.63, 3.8) is 0 Å². The number of nitrogens with one attached hydrogen (secondary N) is 1. The van der Waals surface area contributed by atoms with Gasteiger partial charge in [0.25, 0.3) is 0 Å². The van der Waals surface area contributed by atoms with Gasteiger partial charge >= 0.3 is 6.09 Å². The topological polar surface area (TPSA) is 47.6 Å². The van der Waals surface area contributed by atoms with Crippen molar-refractivity contribution in [3.8, 4) is 0 Å². The number of carbonyl (C=O) groups excluding carboxylic acids is 1. The molecule has 0 fully saturated rings. The van der Waals surface area contributed by atoms with Gasteiger partial charge in [0.05, 0.1) is 13.2 Å². The van der Waals surface area contributed by atoms with Gasteiger partial charge in [0.1, 0.15) is 6.10 Å². The normalized spacial score (nSPS) is 12.0. The smallest absolute Gasteiger partial charge is 0.407 e. The second-order valence-corrected chi connectivity index (χ2v) is 6.69. The zero-order chi connectivity index (χ0) is 18.8. The molecule has 0 saturated heterocycles. The molecular weight excluding hydrogens is 326 g/mol. The molecule has 2 aromatic rings. The first-order valence-corrected chi connectivity index (χ1v) is 9.23. The van der Waals surface area contributed by atoms with Crippen LogP contribution < -0.4 is 5.32 Å². The lowest BCUT2D eigenvalue weighted by molar-refractivity contribution is 0.0117. The summed E-state index contributed by atoms with van der Waals surface area (Å²) in [6.07, 6.45) is 0.0512. The Hall–Kier alpha value is -2.33. The van der Waals surface area contributed by atoms with Gasteiger partial charge in [0, 0.05) is 6.54 Å². The number of ether oxygens (including phenoxy) is 2. The zero-order valence-electron chi connectivity index (χ0n) is 15.9. The Labute approximate surface area is 156 Å². The van der Waals surface area contributed by atoms with E-state index in [1.54, 1.807) is 0 Å². The molecule has 0 spiro atoms. The van der Waals surface area contributed by atoms with Crippen molar-refractivity contribution in [2.75, 3.05) is 6.61 Å². The van der Waals surface area contributed by atoms with E-state index in [4.69, 9.17) is 9.47 Å². The number of hydrogen-bond acceptors (Lipinski definition) is 3. The van der Waals surface area contributed by atoms with Gasteiger partial charge < -0.3 is 14.8 Å². The average Bonchev–Trinajstić information content (AvgIpc) is 2.66. The second kappa shape index (κ2) is 10.6. The van der Waals surface area contributed by atoms with Crippen molar-refractivity contribution >= 4 is 6.09 Å². The average molecular weight is 355 g/mol. The van der Waals surface area contributed by atoms with E-state index in [0.717, 1.165) is 11.1 Å².